The number of nitrogens with two attached hydrogens (primary N) is 1. The van der Waals surface area contributed by atoms with Gasteiger partial charge >= 0.3 is 0 Å². The molecule has 0 bridgehead atoms. The summed E-state index contributed by atoms with van der Waals surface area (Å²) in [6.07, 6.45) is 6.58. The van der Waals surface area contributed by atoms with Gasteiger partial charge in [0.2, 0.25) is 0 Å². The summed E-state index contributed by atoms with van der Waals surface area (Å²) in [6, 6.07) is 0.180. The van der Waals surface area contributed by atoms with Gasteiger partial charge < -0.3 is 15.0 Å². The minimum Gasteiger partial charge on any atom is -0.381 e. The van der Waals surface area contributed by atoms with Crippen LogP contribution in [0.3, 0.4) is 0 Å². The molecule has 3 rings (SSSR count). The van der Waals surface area contributed by atoms with Gasteiger partial charge in [0.15, 0.2) is 0 Å². The first-order valence-electron chi connectivity index (χ1n) is 6.25. The monoisotopic (exact) mass is 221 g/mol. The number of hydrogen-bond acceptors (Lipinski definition) is 3. The Balaban J connectivity index is 1.89. The van der Waals surface area contributed by atoms with Crippen LogP contribution in [0.4, 0.5) is 0 Å². The van der Waals surface area contributed by atoms with Crippen molar-refractivity contribution in [2.75, 3.05) is 13.2 Å². The summed E-state index contributed by atoms with van der Waals surface area (Å²) >= 11 is 0. The van der Waals surface area contributed by atoms with Gasteiger partial charge in [0.25, 0.3) is 0 Å². The summed E-state index contributed by atoms with van der Waals surface area (Å²) in [5, 5.41) is 0. The van der Waals surface area contributed by atoms with Crippen molar-refractivity contribution < 1.29 is 4.74 Å². The molecule has 0 spiro atoms. The molecule has 2 N–H and O–H groups in total. The third-order valence-corrected chi connectivity index (χ3v) is 3.72. The zero-order valence-corrected chi connectivity index (χ0v) is 9.56. The van der Waals surface area contributed by atoms with Crippen LogP contribution in [0.1, 0.15) is 49.2 Å². The van der Waals surface area contributed by atoms with Crippen LogP contribution in [-0.4, -0.2) is 22.8 Å². The van der Waals surface area contributed by atoms with E-state index in [1.807, 2.05) is 6.20 Å². The van der Waals surface area contributed by atoms with Gasteiger partial charge in [-0.05, 0) is 25.7 Å². The van der Waals surface area contributed by atoms with E-state index in [1.54, 1.807) is 0 Å². The van der Waals surface area contributed by atoms with E-state index in [-0.39, 0.29) is 6.04 Å². The fraction of sp³-hybridized carbons (Fsp3) is 0.750. The molecule has 0 radical (unpaired) electrons. The number of imidazole rings is 1. The summed E-state index contributed by atoms with van der Waals surface area (Å²) in [4.78, 5) is 4.57. The normalized spacial score (nSPS) is 30.1. The minimum atomic E-state index is 0.180. The maximum Gasteiger partial charge on any atom is 0.114 e. The second kappa shape index (κ2) is 4.18. The average Bonchev–Trinajstić information content (AvgIpc) is 2.75. The van der Waals surface area contributed by atoms with Gasteiger partial charge in [0, 0.05) is 25.1 Å². The molecule has 16 heavy (non-hydrogen) atoms. The van der Waals surface area contributed by atoms with Crippen molar-refractivity contribution in [3.63, 3.8) is 0 Å². The van der Waals surface area contributed by atoms with E-state index in [0.29, 0.717) is 5.92 Å². The number of ether oxygens (including phenoxy) is 1. The van der Waals surface area contributed by atoms with Crippen molar-refractivity contribution in [3.8, 4) is 0 Å². The van der Waals surface area contributed by atoms with Gasteiger partial charge in [0.05, 0.1) is 18.5 Å². The first-order chi connectivity index (χ1) is 7.86. The molecule has 88 valence electrons. The third-order valence-electron chi connectivity index (χ3n) is 3.72. The molecule has 0 saturated carbocycles. The van der Waals surface area contributed by atoms with Crippen LogP contribution in [0.5, 0.6) is 0 Å². The topological polar surface area (TPSA) is 53.1 Å². The van der Waals surface area contributed by atoms with Crippen molar-refractivity contribution in [2.45, 2.75) is 44.2 Å². The van der Waals surface area contributed by atoms with Gasteiger partial charge in [-0.2, -0.15) is 0 Å². The first kappa shape index (κ1) is 10.3. The predicted molar refractivity (Wildman–Crippen MR) is 61.2 cm³/mol. The van der Waals surface area contributed by atoms with Gasteiger partial charge in [-0.25, -0.2) is 4.98 Å². The highest BCUT2D eigenvalue weighted by Crippen LogP contribution is 2.30. The molecule has 2 aliphatic rings. The number of hydrogen-bond donors (Lipinski definition) is 1. The van der Waals surface area contributed by atoms with Crippen LogP contribution in [0, 0.1) is 0 Å². The van der Waals surface area contributed by atoms with E-state index in [1.165, 1.54) is 24.4 Å². The lowest BCUT2D eigenvalue weighted by Gasteiger charge is -2.26. The summed E-state index contributed by atoms with van der Waals surface area (Å²) in [5.41, 5.74) is 7.31. The highest BCUT2D eigenvalue weighted by molar-refractivity contribution is 5.15. The zero-order valence-electron chi connectivity index (χ0n) is 9.56. The molecular weight excluding hydrogens is 202 g/mol. The van der Waals surface area contributed by atoms with E-state index in [4.69, 9.17) is 10.5 Å². The van der Waals surface area contributed by atoms with E-state index >= 15 is 0 Å². The predicted octanol–water partition coefficient (Wildman–Crippen LogP) is 1.57. The fourth-order valence-corrected chi connectivity index (χ4v) is 2.83. The molecule has 0 aliphatic carbocycles. The highest BCUT2D eigenvalue weighted by Gasteiger charge is 2.26. The molecule has 3 heterocycles. The Bertz CT molecular complexity index is 368. The molecule has 1 aromatic rings. The number of rotatable bonds is 1. The van der Waals surface area contributed by atoms with Gasteiger partial charge in [-0.1, -0.05) is 0 Å². The maximum absolute atomic E-state index is 6.10. The summed E-state index contributed by atoms with van der Waals surface area (Å²) < 4.78 is 7.87. The lowest BCUT2D eigenvalue weighted by Crippen LogP contribution is -2.25. The van der Waals surface area contributed by atoms with Crippen molar-refractivity contribution in [1.29, 1.82) is 0 Å². The third kappa shape index (κ3) is 1.66. The van der Waals surface area contributed by atoms with E-state index in [2.05, 4.69) is 9.55 Å². The Morgan fingerprint density at radius 1 is 1.38 bits per heavy atom. The molecule has 0 amide bonds. The van der Waals surface area contributed by atoms with E-state index < -0.39 is 0 Å². The molecule has 1 saturated heterocycles. The SMILES string of the molecule is NC1CCCn2c1cnc2C1CCCOC1. The second-order valence-corrected chi connectivity index (χ2v) is 4.86. The van der Waals surface area contributed by atoms with E-state index in [9.17, 15) is 0 Å². The van der Waals surface area contributed by atoms with Crippen LogP contribution in [0.2, 0.25) is 0 Å². The molecule has 2 unspecified atom stereocenters. The Morgan fingerprint density at radius 3 is 3.12 bits per heavy atom. The fourth-order valence-electron chi connectivity index (χ4n) is 2.83. The van der Waals surface area contributed by atoms with Crippen molar-refractivity contribution in [3.05, 3.63) is 17.7 Å². The Morgan fingerprint density at radius 2 is 2.31 bits per heavy atom. The lowest BCUT2D eigenvalue weighted by molar-refractivity contribution is 0.0767. The highest BCUT2D eigenvalue weighted by atomic mass is 16.5. The first-order valence-corrected chi connectivity index (χ1v) is 6.25. The molecule has 2 aliphatic heterocycles. The molecule has 4 nitrogen and oxygen atoms in total. The van der Waals surface area contributed by atoms with Gasteiger partial charge in [-0.3, -0.25) is 0 Å². The molecule has 4 heteroatoms. The van der Waals surface area contributed by atoms with E-state index in [0.717, 1.165) is 32.6 Å². The summed E-state index contributed by atoms with van der Waals surface area (Å²) in [6.45, 7) is 2.81. The standard InChI is InChI=1S/C12H19N3O/c13-10-4-1-5-15-11(10)7-14-12(15)9-3-2-6-16-8-9/h7,9-10H,1-6,8,13H2. The summed E-state index contributed by atoms with van der Waals surface area (Å²) in [5.74, 6) is 1.68. The Kier molecular flexibility index (Phi) is 2.69. The number of aromatic nitrogens is 2. The number of fused-ring (bicyclic) bond motifs is 1. The zero-order chi connectivity index (χ0) is 11.0. The quantitative estimate of drug-likeness (QED) is 0.783. The average molecular weight is 221 g/mol. The van der Waals surface area contributed by atoms with Crippen LogP contribution >= 0.6 is 0 Å². The second-order valence-electron chi connectivity index (χ2n) is 4.86. The molecule has 2 atom stereocenters. The lowest BCUT2D eigenvalue weighted by atomic mass is 10.00. The van der Waals surface area contributed by atoms with Crippen molar-refractivity contribution in [1.82, 2.24) is 9.55 Å². The largest absolute Gasteiger partial charge is 0.381 e. The summed E-state index contributed by atoms with van der Waals surface area (Å²) in [7, 11) is 0. The van der Waals surface area contributed by atoms with Crippen LogP contribution in [-0.2, 0) is 11.3 Å². The maximum atomic E-state index is 6.10. The van der Waals surface area contributed by atoms with Gasteiger partial charge in [-0.15, -0.1) is 0 Å². The Hall–Kier alpha value is -0.870. The molecular formula is C12H19N3O. The molecule has 0 aromatic carbocycles. The van der Waals surface area contributed by atoms with Crippen LogP contribution in [0.25, 0.3) is 0 Å². The van der Waals surface area contributed by atoms with Crippen LogP contribution < -0.4 is 5.73 Å². The van der Waals surface area contributed by atoms with Gasteiger partial charge in [0.1, 0.15) is 5.82 Å². The van der Waals surface area contributed by atoms with Crippen LogP contribution in [0.15, 0.2) is 6.20 Å². The molecule has 1 fully saturated rings. The molecule has 1 aromatic heterocycles. The smallest absolute Gasteiger partial charge is 0.114 e. The van der Waals surface area contributed by atoms with Crippen molar-refractivity contribution in [2.24, 2.45) is 5.73 Å². The van der Waals surface area contributed by atoms with Crippen molar-refractivity contribution >= 4 is 0 Å². The minimum absolute atomic E-state index is 0.180. The number of nitrogens with zero attached hydrogens (tertiary/aromatic N) is 2. The Labute approximate surface area is 95.8 Å².